The highest BCUT2D eigenvalue weighted by Gasteiger charge is 2.26. The van der Waals surface area contributed by atoms with Crippen molar-refractivity contribution in [1.29, 1.82) is 10.5 Å². The van der Waals surface area contributed by atoms with Gasteiger partial charge in [-0.25, -0.2) is 0 Å². The van der Waals surface area contributed by atoms with Gasteiger partial charge in [0.05, 0.1) is 29.2 Å². The van der Waals surface area contributed by atoms with Crippen molar-refractivity contribution in [2.45, 2.75) is 12.8 Å². The van der Waals surface area contributed by atoms with Crippen molar-refractivity contribution in [3.8, 4) is 12.1 Å². The minimum Gasteiger partial charge on any atom is -0.396 e. The van der Waals surface area contributed by atoms with E-state index in [0.717, 1.165) is 5.56 Å². The molecule has 0 atom stereocenters. The lowest BCUT2D eigenvalue weighted by Crippen LogP contribution is -2.23. The third-order valence-corrected chi connectivity index (χ3v) is 4.36. The summed E-state index contributed by atoms with van der Waals surface area (Å²) in [4.78, 5) is 27.9. The van der Waals surface area contributed by atoms with Crippen LogP contribution in [0.1, 0.15) is 33.1 Å². The van der Waals surface area contributed by atoms with Gasteiger partial charge in [-0.05, 0) is 19.1 Å². The number of aromatic nitrogens is 1. The number of nitrogens with one attached hydrogen (secondary N) is 1. The summed E-state index contributed by atoms with van der Waals surface area (Å²) in [6.07, 6.45) is 0. The molecular weight excluding hydrogens is 380 g/mol. The van der Waals surface area contributed by atoms with E-state index in [1.165, 1.54) is 0 Å². The van der Waals surface area contributed by atoms with Gasteiger partial charge < -0.3 is 10.7 Å². The van der Waals surface area contributed by atoms with Crippen LogP contribution in [0.2, 0.25) is 0 Å². The Balaban J connectivity index is 2.20. The number of hydrogen-bond acceptors (Lipinski definition) is 7. The van der Waals surface area contributed by atoms with Crippen LogP contribution in [-0.2, 0) is 0 Å². The molecule has 8 heteroatoms. The van der Waals surface area contributed by atoms with E-state index < -0.39 is 17.3 Å². The summed E-state index contributed by atoms with van der Waals surface area (Å²) in [6.45, 7) is 1.92. The number of aryl methyl sites for hydroxylation is 1. The minimum atomic E-state index is -1.34. The zero-order valence-electron chi connectivity index (χ0n) is 16.0. The van der Waals surface area contributed by atoms with E-state index in [1.807, 2.05) is 19.1 Å². The van der Waals surface area contributed by atoms with Gasteiger partial charge in [0.1, 0.15) is 11.3 Å². The molecule has 0 aliphatic rings. The number of nitrogens with two attached hydrogens (primary N) is 1. The summed E-state index contributed by atoms with van der Waals surface area (Å²) in [5.74, 6) is -1.94. The van der Waals surface area contributed by atoms with E-state index >= 15 is 0 Å². The van der Waals surface area contributed by atoms with Gasteiger partial charge in [0.15, 0.2) is 5.92 Å². The number of nitrogen functional groups attached to an aromatic ring is 1. The number of H-pyrrole nitrogens is 1. The summed E-state index contributed by atoms with van der Waals surface area (Å²) >= 11 is 0. The number of pyridine rings is 1. The van der Waals surface area contributed by atoms with Crippen LogP contribution >= 0.6 is 0 Å². The minimum absolute atomic E-state index is 0.0949. The molecule has 0 saturated carbocycles. The van der Waals surface area contributed by atoms with E-state index in [1.54, 1.807) is 54.6 Å². The number of carbonyl (C=O) groups excluding carboxylic acids is 1. The third kappa shape index (κ3) is 3.98. The van der Waals surface area contributed by atoms with Gasteiger partial charge in [-0.3, -0.25) is 9.59 Å². The second-order valence-corrected chi connectivity index (χ2v) is 6.43. The lowest BCUT2D eigenvalue weighted by molar-refractivity contribution is 0.103. The molecule has 3 N–H and O–H groups in total. The number of nitrogens with zero attached hydrogens (tertiary/aromatic N) is 4. The van der Waals surface area contributed by atoms with Gasteiger partial charge in [0, 0.05) is 5.56 Å². The number of carbonyl (C=O) groups is 1. The Labute approximate surface area is 171 Å². The van der Waals surface area contributed by atoms with Gasteiger partial charge in [0.2, 0.25) is 5.78 Å². The highest BCUT2D eigenvalue weighted by Crippen LogP contribution is 2.33. The maximum absolute atomic E-state index is 12.9. The quantitative estimate of drug-likeness (QED) is 0.493. The monoisotopic (exact) mass is 396 g/mol. The van der Waals surface area contributed by atoms with Crippen LogP contribution in [0.25, 0.3) is 0 Å². The molecule has 0 unspecified atom stereocenters. The van der Waals surface area contributed by atoms with E-state index in [9.17, 15) is 20.1 Å². The van der Waals surface area contributed by atoms with Crippen LogP contribution in [0.5, 0.6) is 0 Å². The van der Waals surface area contributed by atoms with Crippen LogP contribution in [-0.4, -0.2) is 10.8 Å². The summed E-state index contributed by atoms with van der Waals surface area (Å²) in [7, 11) is 0. The van der Waals surface area contributed by atoms with Crippen molar-refractivity contribution in [2.24, 2.45) is 10.2 Å². The number of benzene rings is 2. The van der Waals surface area contributed by atoms with Crippen LogP contribution in [0.4, 0.5) is 17.1 Å². The highest BCUT2D eigenvalue weighted by molar-refractivity contribution is 6.13. The van der Waals surface area contributed by atoms with Crippen molar-refractivity contribution in [2.75, 3.05) is 5.73 Å². The standard InChI is InChI=1S/C22H16N6O2/c1-13-7-9-16(10-8-13)27-28-20-18(25)17(21(29)14-5-3-2-4-6-14)22(30)26-19(20)15(11-23)12-24/h2-10,15H,1H3,(H3,25,26,30). The Bertz CT molecular complexity index is 1250. The molecule has 0 spiro atoms. The predicted octanol–water partition coefficient (Wildman–Crippen LogP) is 4.04. The molecule has 8 nitrogen and oxygen atoms in total. The van der Waals surface area contributed by atoms with E-state index in [0.29, 0.717) is 5.69 Å². The fourth-order valence-electron chi connectivity index (χ4n) is 2.78. The Morgan fingerprint density at radius 2 is 1.67 bits per heavy atom. The molecule has 0 amide bonds. The highest BCUT2D eigenvalue weighted by atomic mass is 16.1. The molecule has 0 aliphatic carbocycles. The van der Waals surface area contributed by atoms with Crippen LogP contribution in [0.15, 0.2) is 69.6 Å². The van der Waals surface area contributed by atoms with Gasteiger partial charge in [-0.2, -0.15) is 15.6 Å². The van der Waals surface area contributed by atoms with Gasteiger partial charge in [0.25, 0.3) is 5.56 Å². The number of anilines is 1. The zero-order valence-corrected chi connectivity index (χ0v) is 16.0. The summed E-state index contributed by atoms with van der Waals surface area (Å²) in [6, 6.07) is 18.8. The summed E-state index contributed by atoms with van der Waals surface area (Å²) < 4.78 is 0. The molecular formula is C22H16N6O2. The summed E-state index contributed by atoms with van der Waals surface area (Å²) in [5, 5.41) is 26.7. The van der Waals surface area contributed by atoms with Crippen molar-refractivity contribution >= 4 is 22.8 Å². The molecule has 0 bridgehead atoms. The van der Waals surface area contributed by atoms with Crippen LogP contribution in [0.3, 0.4) is 0 Å². The predicted molar refractivity (Wildman–Crippen MR) is 111 cm³/mol. The number of aromatic amines is 1. The van der Waals surface area contributed by atoms with Gasteiger partial charge in [-0.15, -0.1) is 5.11 Å². The average Bonchev–Trinajstić information content (AvgIpc) is 2.76. The number of nitriles is 2. The van der Waals surface area contributed by atoms with Crippen molar-refractivity contribution in [3.05, 3.63) is 87.3 Å². The topological polar surface area (TPSA) is 148 Å². The molecule has 3 aromatic rings. The molecule has 0 radical (unpaired) electrons. The molecule has 0 aliphatic heterocycles. The Morgan fingerprint density at radius 3 is 2.27 bits per heavy atom. The van der Waals surface area contributed by atoms with Crippen molar-refractivity contribution in [3.63, 3.8) is 0 Å². The number of azo groups is 1. The second-order valence-electron chi connectivity index (χ2n) is 6.43. The molecule has 0 saturated heterocycles. The molecule has 1 heterocycles. The molecule has 1 aromatic heterocycles. The fraction of sp³-hybridized carbons (Fsp3) is 0.0909. The van der Waals surface area contributed by atoms with Gasteiger partial charge in [-0.1, -0.05) is 48.0 Å². The normalized spacial score (nSPS) is 10.7. The van der Waals surface area contributed by atoms with Crippen molar-refractivity contribution < 1.29 is 4.79 Å². The Hall–Kier alpha value is -4.56. The fourth-order valence-corrected chi connectivity index (χ4v) is 2.78. The SMILES string of the molecule is Cc1ccc(N=Nc2c(C(C#N)C#N)[nH]c(=O)c(C(=O)c3ccccc3)c2N)cc1. The van der Waals surface area contributed by atoms with E-state index in [2.05, 4.69) is 15.2 Å². The zero-order chi connectivity index (χ0) is 21.7. The summed E-state index contributed by atoms with van der Waals surface area (Å²) in [5.41, 5.74) is 6.37. The number of rotatable bonds is 5. The second kappa shape index (κ2) is 8.63. The lowest BCUT2D eigenvalue weighted by Gasteiger charge is -2.11. The largest absolute Gasteiger partial charge is 0.396 e. The third-order valence-electron chi connectivity index (χ3n) is 4.36. The Kier molecular flexibility index (Phi) is 5.81. The molecule has 3 rings (SSSR count). The van der Waals surface area contributed by atoms with E-state index in [-0.39, 0.29) is 28.2 Å². The van der Waals surface area contributed by atoms with Crippen LogP contribution < -0.4 is 11.3 Å². The van der Waals surface area contributed by atoms with Crippen LogP contribution in [0, 0.1) is 29.6 Å². The molecule has 0 fully saturated rings. The number of hydrogen-bond donors (Lipinski definition) is 2. The van der Waals surface area contributed by atoms with Crippen molar-refractivity contribution in [1.82, 2.24) is 4.98 Å². The lowest BCUT2D eigenvalue weighted by atomic mass is 9.99. The Morgan fingerprint density at radius 1 is 1.03 bits per heavy atom. The first-order valence-corrected chi connectivity index (χ1v) is 8.89. The maximum atomic E-state index is 12.9. The molecule has 2 aromatic carbocycles. The first kappa shape index (κ1) is 20.2. The van der Waals surface area contributed by atoms with Gasteiger partial charge >= 0.3 is 0 Å². The van der Waals surface area contributed by atoms with E-state index in [4.69, 9.17) is 5.73 Å². The molecule has 146 valence electrons. The number of ketones is 1. The maximum Gasteiger partial charge on any atom is 0.261 e. The first-order chi connectivity index (χ1) is 14.5. The smallest absolute Gasteiger partial charge is 0.261 e. The first-order valence-electron chi connectivity index (χ1n) is 8.89. The molecule has 30 heavy (non-hydrogen) atoms. The average molecular weight is 396 g/mol.